The summed E-state index contributed by atoms with van der Waals surface area (Å²) in [5.74, 6) is 2.35. The number of Topliss-reactive ketones (excluding diaryl/α,β-unsaturated/α-hetero) is 1. The number of hydrogen-bond donors (Lipinski definition) is 0. The number of rotatable bonds is 8. The van der Waals surface area contributed by atoms with Crippen LogP contribution in [0.5, 0.6) is 5.75 Å². The van der Waals surface area contributed by atoms with Gasteiger partial charge in [0, 0.05) is 0 Å². The van der Waals surface area contributed by atoms with Gasteiger partial charge in [0.2, 0.25) is 0 Å². The molecule has 0 radical (unpaired) electrons. The molecule has 0 heterocycles. The summed E-state index contributed by atoms with van der Waals surface area (Å²) in [5, 5.41) is 0. The maximum Gasteiger partial charge on any atom is 0.176 e. The Balaban J connectivity index is 2.08. The number of ketones is 1. The smallest absolute Gasteiger partial charge is 0.176 e. The summed E-state index contributed by atoms with van der Waals surface area (Å²) in [5.41, 5.74) is 4.11. The maximum atomic E-state index is 12.4. The highest BCUT2D eigenvalue weighted by Crippen LogP contribution is 2.23. The molecule has 0 fully saturated rings. The van der Waals surface area contributed by atoms with Crippen molar-refractivity contribution in [3.05, 3.63) is 64.7 Å². The predicted octanol–water partition coefficient (Wildman–Crippen LogP) is 5.21. The fourth-order valence-electron chi connectivity index (χ4n) is 2.22. The van der Waals surface area contributed by atoms with E-state index in [0.717, 1.165) is 23.3 Å². The summed E-state index contributed by atoms with van der Waals surface area (Å²) in [4.78, 5) is 12.4. The van der Waals surface area contributed by atoms with Gasteiger partial charge in [-0.25, -0.2) is 0 Å². The summed E-state index contributed by atoms with van der Waals surface area (Å²) in [7, 11) is 0. The molecule has 2 rings (SSSR count). The lowest BCUT2D eigenvalue weighted by atomic mass is 10.1. The second-order valence-corrected chi connectivity index (χ2v) is 6.85. The van der Waals surface area contributed by atoms with Crippen LogP contribution in [0.4, 0.5) is 0 Å². The number of hydrogen-bond acceptors (Lipinski definition) is 3. The van der Waals surface area contributed by atoms with Crippen LogP contribution in [-0.2, 0) is 6.61 Å². The zero-order chi connectivity index (χ0) is 16.7. The first kappa shape index (κ1) is 17.6. The first-order valence-electron chi connectivity index (χ1n) is 8.00. The van der Waals surface area contributed by atoms with Gasteiger partial charge in [0.25, 0.3) is 0 Å². The first-order chi connectivity index (χ1) is 11.1. The molecule has 0 saturated carbocycles. The molecule has 0 bridgehead atoms. The molecule has 2 nitrogen and oxygen atoms in total. The molecule has 0 aliphatic heterocycles. The third kappa shape index (κ3) is 5.43. The number of ether oxygens (including phenoxy) is 1. The van der Waals surface area contributed by atoms with Gasteiger partial charge in [-0.2, -0.15) is 11.8 Å². The molecule has 0 aliphatic carbocycles. The van der Waals surface area contributed by atoms with Gasteiger partial charge >= 0.3 is 0 Å². The van der Waals surface area contributed by atoms with Crippen LogP contribution in [-0.4, -0.2) is 17.3 Å². The molecule has 0 atom stereocenters. The SMILES string of the molecule is CCCSCC(=O)c1cc(C)ccc1OCc1ccc(C)cc1. The summed E-state index contributed by atoms with van der Waals surface area (Å²) < 4.78 is 5.92. The Bertz CT molecular complexity index is 647. The molecule has 0 N–H and O–H groups in total. The number of carbonyl (C=O) groups excluding carboxylic acids is 1. The molecular weight excluding hydrogens is 304 g/mol. The van der Waals surface area contributed by atoms with Gasteiger partial charge in [0.1, 0.15) is 12.4 Å². The lowest BCUT2D eigenvalue weighted by molar-refractivity contribution is 0.101. The van der Waals surface area contributed by atoms with Crippen molar-refractivity contribution in [2.75, 3.05) is 11.5 Å². The van der Waals surface area contributed by atoms with Crippen LogP contribution in [0.2, 0.25) is 0 Å². The molecule has 0 amide bonds. The lowest BCUT2D eigenvalue weighted by Gasteiger charge is -2.12. The third-order valence-electron chi connectivity index (χ3n) is 3.53. The molecule has 2 aromatic carbocycles. The number of benzene rings is 2. The minimum Gasteiger partial charge on any atom is -0.488 e. The van der Waals surface area contributed by atoms with Crippen LogP contribution < -0.4 is 4.74 Å². The average Bonchev–Trinajstić information content (AvgIpc) is 2.55. The highest BCUT2D eigenvalue weighted by Gasteiger charge is 2.13. The van der Waals surface area contributed by atoms with Gasteiger partial charge in [-0.15, -0.1) is 0 Å². The molecule has 0 aromatic heterocycles. The van der Waals surface area contributed by atoms with Crippen molar-refractivity contribution < 1.29 is 9.53 Å². The fourth-order valence-corrected chi connectivity index (χ4v) is 2.99. The number of thioether (sulfide) groups is 1. The van der Waals surface area contributed by atoms with Gasteiger partial charge in [-0.3, -0.25) is 4.79 Å². The van der Waals surface area contributed by atoms with E-state index in [0.29, 0.717) is 23.7 Å². The van der Waals surface area contributed by atoms with Crippen molar-refractivity contribution in [3.63, 3.8) is 0 Å². The summed E-state index contributed by atoms with van der Waals surface area (Å²) in [6.07, 6.45) is 1.09. The number of aryl methyl sites for hydroxylation is 2. The van der Waals surface area contributed by atoms with E-state index in [4.69, 9.17) is 4.74 Å². The summed E-state index contributed by atoms with van der Waals surface area (Å²) in [6.45, 7) is 6.67. The van der Waals surface area contributed by atoms with Crippen LogP contribution in [0.3, 0.4) is 0 Å². The van der Waals surface area contributed by atoms with Crippen LogP contribution in [0.1, 0.15) is 40.4 Å². The van der Waals surface area contributed by atoms with Crippen LogP contribution >= 0.6 is 11.8 Å². The van der Waals surface area contributed by atoms with Crippen molar-refractivity contribution in [2.24, 2.45) is 0 Å². The van der Waals surface area contributed by atoms with Crippen molar-refractivity contribution in [2.45, 2.75) is 33.8 Å². The van der Waals surface area contributed by atoms with Gasteiger partial charge in [0.15, 0.2) is 5.78 Å². The quantitative estimate of drug-likeness (QED) is 0.491. The molecule has 0 unspecified atom stereocenters. The molecule has 122 valence electrons. The maximum absolute atomic E-state index is 12.4. The topological polar surface area (TPSA) is 26.3 Å². The van der Waals surface area contributed by atoms with E-state index in [1.54, 1.807) is 11.8 Å². The minimum absolute atomic E-state index is 0.144. The highest BCUT2D eigenvalue weighted by atomic mass is 32.2. The average molecular weight is 328 g/mol. The lowest BCUT2D eigenvalue weighted by Crippen LogP contribution is -2.07. The van der Waals surface area contributed by atoms with Crippen molar-refractivity contribution >= 4 is 17.5 Å². The van der Waals surface area contributed by atoms with E-state index in [1.807, 2.05) is 25.1 Å². The molecule has 0 saturated heterocycles. The monoisotopic (exact) mass is 328 g/mol. The van der Waals surface area contributed by atoms with E-state index < -0.39 is 0 Å². The third-order valence-corrected chi connectivity index (χ3v) is 4.70. The van der Waals surface area contributed by atoms with E-state index >= 15 is 0 Å². The Morgan fingerprint density at radius 2 is 1.74 bits per heavy atom. The molecule has 2 aromatic rings. The Morgan fingerprint density at radius 3 is 2.43 bits per heavy atom. The predicted molar refractivity (Wildman–Crippen MR) is 98.6 cm³/mol. The first-order valence-corrected chi connectivity index (χ1v) is 9.15. The van der Waals surface area contributed by atoms with Gasteiger partial charge in [0.05, 0.1) is 11.3 Å². The zero-order valence-electron chi connectivity index (χ0n) is 14.1. The van der Waals surface area contributed by atoms with E-state index in [9.17, 15) is 4.79 Å². The zero-order valence-corrected chi connectivity index (χ0v) is 14.9. The largest absolute Gasteiger partial charge is 0.488 e. The van der Waals surface area contributed by atoms with E-state index in [1.165, 1.54) is 5.56 Å². The normalized spacial score (nSPS) is 10.6. The van der Waals surface area contributed by atoms with Crippen molar-refractivity contribution in [3.8, 4) is 5.75 Å². The van der Waals surface area contributed by atoms with Crippen molar-refractivity contribution in [1.29, 1.82) is 0 Å². The standard InChI is InChI=1S/C20H24O2S/c1-4-11-23-14-19(21)18-12-16(3)7-10-20(18)22-13-17-8-5-15(2)6-9-17/h5-10,12H,4,11,13-14H2,1-3H3. The van der Waals surface area contributed by atoms with Crippen molar-refractivity contribution in [1.82, 2.24) is 0 Å². The fraction of sp³-hybridized carbons (Fsp3) is 0.350. The van der Waals surface area contributed by atoms with Gasteiger partial charge < -0.3 is 4.74 Å². The summed E-state index contributed by atoms with van der Waals surface area (Å²) >= 11 is 1.68. The Kier molecular flexibility index (Phi) is 6.72. The summed E-state index contributed by atoms with van der Waals surface area (Å²) in [6, 6.07) is 14.1. The van der Waals surface area contributed by atoms with Crippen LogP contribution in [0.25, 0.3) is 0 Å². The minimum atomic E-state index is 0.144. The van der Waals surface area contributed by atoms with Gasteiger partial charge in [-0.1, -0.05) is 48.4 Å². The Morgan fingerprint density at radius 1 is 1.04 bits per heavy atom. The van der Waals surface area contributed by atoms with E-state index in [-0.39, 0.29) is 5.78 Å². The molecule has 3 heteroatoms. The highest BCUT2D eigenvalue weighted by molar-refractivity contribution is 7.99. The van der Waals surface area contributed by atoms with Crippen LogP contribution in [0, 0.1) is 13.8 Å². The van der Waals surface area contributed by atoms with Gasteiger partial charge in [-0.05, 0) is 43.7 Å². The Labute approximate surface area is 143 Å². The second kappa shape index (κ2) is 8.78. The molecular formula is C20H24O2S. The molecule has 0 spiro atoms. The van der Waals surface area contributed by atoms with E-state index in [2.05, 4.69) is 38.1 Å². The second-order valence-electron chi connectivity index (χ2n) is 5.75. The van der Waals surface area contributed by atoms with Crippen LogP contribution in [0.15, 0.2) is 42.5 Å². The molecule has 23 heavy (non-hydrogen) atoms. The number of carbonyl (C=O) groups is 1. The Hall–Kier alpha value is -1.74. The molecule has 0 aliphatic rings.